The van der Waals surface area contributed by atoms with E-state index in [4.69, 9.17) is 32.3 Å². The number of carbonyl (C=O) groups excluding carboxylic acids is 3. The third kappa shape index (κ3) is 90.3. The summed E-state index contributed by atoms with van der Waals surface area (Å²) in [6.07, 6.45) is 111. The lowest BCUT2D eigenvalue weighted by atomic mass is 10.0. The fraction of sp³-hybridized carbons (Fsp3) is 0.742. The minimum Gasteiger partial charge on any atom is -0.463 e. The van der Waals surface area contributed by atoms with E-state index >= 15 is 0 Å². The highest BCUT2D eigenvalue weighted by Crippen LogP contribution is 2.45. The number of allylic oxidation sites excluding steroid dienone is 22. The number of unbranched alkanes of at least 4 members (excludes halogenated alkanes) is 43. The van der Waals surface area contributed by atoms with E-state index in [0.29, 0.717) is 19.3 Å². The van der Waals surface area contributed by atoms with Gasteiger partial charge in [-0.3, -0.25) is 32.5 Å². The first-order valence-electron chi connectivity index (χ1n) is 46.5. The minimum absolute atomic E-state index is 0.109. The molecule has 0 aliphatic rings. The van der Waals surface area contributed by atoms with Crippen molar-refractivity contribution >= 4 is 33.6 Å². The van der Waals surface area contributed by atoms with Crippen LogP contribution in [0.2, 0.25) is 0 Å². The van der Waals surface area contributed by atoms with Gasteiger partial charge < -0.3 is 34.2 Å². The van der Waals surface area contributed by atoms with Gasteiger partial charge in [0, 0.05) is 19.3 Å². The second kappa shape index (κ2) is 89.0. The Balaban J connectivity index is 4.44. The van der Waals surface area contributed by atoms with Crippen molar-refractivity contribution < 1.29 is 75.8 Å². The van der Waals surface area contributed by atoms with E-state index in [1.165, 1.54) is 205 Å². The summed E-state index contributed by atoms with van der Waals surface area (Å²) in [6.45, 7) is 2.53. The van der Waals surface area contributed by atoms with Gasteiger partial charge in [-0.25, -0.2) is 9.13 Å². The number of phosphoric ester groups is 2. The molecule has 0 aliphatic carbocycles. The van der Waals surface area contributed by atoms with E-state index in [0.717, 1.165) is 141 Å². The van der Waals surface area contributed by atoms with Crippen molar-refractivity contribution in [1.82, 2.24) is 0 Å². The van der Waals surface area contributed by atoms with Gasteiger partial charge in [-0.2, -0.15) is 0 Å². The summed E-state index contributed by atoms with van der Waals surface area (Å²) < 4.78 is 61.4. The molecule has 0 aliphatic heterocycles. The van der Waals surface area contributed by atoms with Gasteiger partial charge in [0.2, 0.25) is 0 Å². The number of ether oxygens (including phenoxy) is 3. The lowest BCUT2D eigenvalue weighted by Crippen LogP contribution is -2.30. The number of esters is 3. The molecular formula is C97H170O16P2. The molecule has 0 spiro atoms. The topological polar surface area (TPSA) is 231 Å². The molecule has 115 heavy (non-hydrogen) atoms. The van der Waals surface area contributed by atoms with Gasteiger partial charge in [-0.15, -0.1) is 0 Å². The van der Waals surface area contributed by atoms with Crippen molar-refractivity contribution in [2.24, 2.45) is 0 Å². The van der Waals surface area contributed by atoms with Crippen LogP contribution in [0.15, 0.2) is 134 Å². The van der Waals surface area contributed by atoms with Crippen LogP contribution in [0.1, 0.15) is 406 Å². The molecule has 0 aromatic rings. The first-order valence-corrected chi connectivity index (χ1v) is 49.5. The summed E-state index contributed by atoms with van der Waals surface area (Å²) in [5, 5.41) is 20.7. The summed E-state index contributed by atoms with van der Waals surface area (Å²) in [4.78, 5) is 58.9. The molecule has 5 atom stereocenters. The monoisotopic (exact) mass is 1650 g/mol. The van der Waals surface area contributed by atoms with Gasteiger partial charge in [0.15, 0.2) is 6.10 Å². The zero-order chi connectivity index (χ0) is 83.6. The Morgan fingerprint density at radius 1 is 0.252 bits per heavy atom. The van der Waals surface area contributed by atoms with E-state index in [-0.39, 0.29) is 19.3 Å². The standard InChI is InChI=1S/C97H170O16P2/c1-4-7-10-13-16-19-22-25-28-30-32-34-36-38-40-42-44-45-47-49-50-52-54-56-58-60-63-65-68-71-74-77-80-83-95(100)107-86-92(98)87-109-114(103,104)110-88-93(99)89-111-115(105,106)112-91-94(113-97(102)85-82-79-76-73-70-67-62-27-24-21-18-15-12-9-6-3)90-108-96(101)84-81-78-75-72-69-66-64-61-59-57-55-53-51-48-46-43-41-39-37-35-33-31-29-26-23-20-17-14-11-8-5-2/h7-8,10-11,16-17,19-20,25-26,28-29,32-35,38-41,44-45,92-94,98-99H,4-6,9,12-15,18,21-24,27,30-31,36-37,42-43,46-91H2,1-3H3,(H,103,104)(H,105,106)/b10-7-,11-8-,19-16-,20-17-,28-25-,29-26-,34-32-,35-33-,40-38-,41-39-,45-44-. The first kappa shape index (κ1) is 111. The fourth-order valence-corrected chi connectivity index (χ4v) is 14.5. The number of aliphatic hydroxyl groups excluding tert-OH is 2. The van der Waals surface area contributed by atoms with Gasteiger partial charge >= 0.3 is 33.6 Å². The summed E-state index contributed by atoms with van der Waals surface area (Å²) >= 11 is 0. The van der Waals surface area contributed by atoms with Crippen LogP contribution in [0.5, 0.6) is 0 Å². The largest absolute Gasteiger partial charge is 0.472 e. The van der Waals surface area contributed by atoms with Crippen LogP contribution in [0.4, 0.5) is 0 Å². The molecule has 0 amide bonds. The number of carbonyl (C=O) groups is 3. The molecule has 5 unspecified atom stereocenters. The van der Waals surface area contributed by atoms with Gasteiger partial charge in [0.05, 0.1) is 26.4 Å². The quantitative estimate of drug-likeness (QED) is 0.0146. The van der Waals surface area contributed by atoms with E-state index in [9.17, 15) is 43.5 Å². The van der Waals surface area contributed by atoms with Gasteiger partial charge in [0.1, 0.15) is 25.4 Å². The number of hydrogen-bond donors (Lipinski definition) is 4. The van der Waals surface area contributed by atoms with Gasteiger partial charge in [-0.1, -0.05) is 405 Å². The molecule has 0 heterocycles. The highest BCUT2D eigenvalue weighted by molar-refractivity contribution is 7.47. The summed E-state index contributed by atoms with van der Waals surface area (Å²) in [5.41, 5.74) is 0. The van der Waals surface area contributed by atoms with Gasteiger partial charge in [-0.05, 0) is 116 Å². The Morgan fingerprint density at radius 3 is 0.730 bits per heavy atom. The minimum atomic E-state index is -4.93. The normalized spacial score (nSPS) is 14.4. The fourth-order valence-electron chi connectivity index (χ4n) is 12.9. The lowest BCUT2D eigenvalue weighted by molar-refractivity contribution is -0.161. The Hall–Kier alpha value is -4.31. The van der Waals surface area contributed by atoms with Crippen LogP contribution in [0.25, 0.3) is 0 Å². The highest BCUT2D eigenvalue weighted by atomic mass is 31.2. The van der Waals surface area contributed by atoms with E-state index in [1.54, 1.807) is 0 Å². The number of rotatable bonds is 88. The molecule has 0 aromatic heterocycles. The molecule has 0 fully saturated rings. The zero-order valence-corrected chi connectivity index (χ0v) is 75.0. The molecule has 0 saturated heterocycles. The molecule has 0 aromatic carbocycles. The van der Waals surface area contributed by atoms with E-state index in [2.05, 4.69) is 154 Å². The van der Waals surface area contributed by atoms with Crippen molar-refractivity contribution in [3.63, 3.8) is 0 Å². The van der Waals surface area contributed by atoms with Crippen LogP contribution in [-0.2, 0) is 55.8 Å². The molecule has 18 heteroatoms. The lowest BCUT2D eigenvalue weighted by Gasteiger charge is -2.21. The highest BCUT2D eigenvalue weighted by Gasteiger charge is 2.29. The molecule has 0 saturated carbocycles. The molecular weight excluding hydrogens is 1480 g/mol. The van der Waals surface area contributed by atoms with Crippen LogP contribution in [0, 0.1) is 0 Å². The van der Waals surface area contributed by atoms with Crippen LogP contribution >= 0.6 is 15.6 Å². The van der Waals surface area contributed by atoms with Crippen molar-refractivity contribution in [3.05, 3.63) is 134 Å². The van der Waals surface area contributed by atoms with Crippen molar-refractivity contribution in [2.75, 3.05) is 39.6 Å². The zero-order valence-electron chi connectivity index (χ0n) is 73.2. The molecule has 4 N–H and O–H groups in total. The third-order valence-electron chi connectivity index (χ3n) is 19.9. The summed E-state index contributed by atoms with van der Waals surface area (Å²) in [6, 6.07) is 0. The summed E-state index contributed by atoms with van der Waals surface area (Å²) in [7, 11) is -9.79. The van der Waals surface area contributed by atoms with Crippen molar-refractivity contribution in [3.8, 4) is 0 Å². The average molecular weight is 1650 g/mol. The second-order valence-electron chi connectivity index (χ2n) is 31.1. The SMILES string of the molecule is CC/C=C\C/C=C\C/C=C\C/C=C\C/C=C\C/C=C\CCCCCCCCCCCCCCCCC(=O)OCC(O)COP(=O)(O)OCC(O)COP(=O)(O)OCC(COC(=O)CCCCCCCCCCCCCCCCC/C=C\C/C=C\C/C=C\C/C=C\C/C=C\CC)OC(=O)CCCCCCCCCCCCCCCCC. The first-order chi connectivity index (χ1) is 56.2. The predicted octanol–water partition coefficient (Wildman–Crippen LogP) is 28.6. The van der Waals surface area contributed by atoms with Crippen molar-refractivity contribution in [2.45, 2.75) is 424 Å². The molecule has 16 nitrogen and oxygen atoms in total. The Kier molecular flexibility index (Phi) is 85.6. The maximum atomic E-state index is 13.0. The average Bonchev–Trinajstić information content (AvgIpc) is 0.898. The van der Waals surface area contributed by atoms with E-state index < -0.39 is 91.5 Å². The molecule has 664 valence electrons. The smallest absolute Gasteiger partial charge is 0.463 e. The van der Waals surface area contributed by atoms with Crippen molar-refractivity contribution in [1.29, 1.82) is 0 Å². The Labute approximate surface area is 703 Å². The third-order valence-corrected chi connectivity index (χ3v) is 21.8. The molecule has 0 rings (SSSR count). The van der Waals surface area contributed by atoms with Crippen LogP contribution in [-0.4, -0.2) is 95.9 Å². The van der Waals surface area contributed by atoms with Crippen LogP contribution < -0.4 is 0 Å². The van der Waals surface area contributed by atoms with Crippen LogP contribution in [0.3, 0.4) is 0 Å². The molecule has 0 bridgehead atoms. The second-order valence-corrected chi connectivity index (χ2v) is 34.0. The maximum absolute atomic E-state index is 13.0. The van der Waals surface area contributed by atoms with E-state index in [1.807, 2.05) is 0 Å². The Bertz CT molecular complexity index is 2620. The number of aliphatic hydroxyl groups is 2. The number of phosphoric acid groups is 2. The molecule has 0 radical (unpaired) electrons. The maximum Gasteiger partial charge on any atom is 0.472 e. The Morgan fingerprint density at radius 2 is 0.461 bits per heavy atom. The number of hydrogen-bond acceptors (Lipinski definition) is 14. The summed E-state index contributed by atoms with van der Waals surface area (Å²) in [5.74, 6) is -1.55. The predicted molar refractivity (Wildman–Crippen MR) is 482 cm³/mol. The van der Waals surface area contributed by atoms with Gasteiger partial charge in [0.25, 0.3) is 0 Å².